The van der Waals surface area contributed by atoms with Crippen LogP contribution in [0.2, 0.25) is 0 Å². The summed E-state index contributed by atoms with van der Waals surface area (Å²) in [4.78, 5) is 19.8. The Morgan fingerprint density at radius 3 is 2.23 bits per heavy atom. The van der Waals surface area contributed by atoms with Crippen LogP contribution in [-0.2, 0) is 4.79 Å². The molecule has 0 saturated heterocycles. The molecule has 158 valence electrons. The second-order valence-corrected chi connectivity index (χ2v) is 9.29. The van der Waals surface area contributed by atoms with Crippen molar-refractivity contribution < 1.29 is 9.90 Å². The van der Waals surface area contributed by atoms with E-state index in [9.17, 15) is 9.90 Å². The predicted octanol–water partition coefficient (Wildman–Crippen LogP) is 4.73. The van der Waals surface area contributed by atoms with Gasteiger partial charge in [-0.3, -0.25) is 4.79 Å². The quantitative estimate of drug-likeness (QED) is 0.434. The highest BCUT2D eigenvalue weighted by Crippen LogP contribution is 2.35. The van der Waals surface area contributed by atoms with Crippen molar-refractivity contribution in [2.45, 2.75) is 38.5 Å². The summed E-state index contributed by atoms with van der Waals surface area (Å²) >= 11 is 1.48. The summed E-state index contributed by atoms with van der Waals surface area (Å²) in [5, 5.41) is 11.3. The summed E-state index contributed by atoms with van der Waals surface area (Å²) in [6.45, 7) is 5.74. The van der Waals surface area contributed by atoms with Crippen molar-refractivity contribution in [3.63, 3.8) is 0 Å². The highest BCUT2D eigenvalue weighted by Gasteiger charge is 2.32. The number of aliphatic hydroxyl groups is 1. The second kappa shape index (κ2) is 9.49. The fraction of sp³-hybridized carbons (Fsp3) is 0.333. The number of aromatic amines is 1. The van der Waals surface area contributed by atoms with E-state index in [1.54, 1.807) is 0 Å². The number of nitrogens with one attached hydrogen (secondary N) is 1. The first-order valence-electron chi connectivity index (χ1n) is 10.1. The number of aromatic nitrogens is 2. The monoisotopic (exact) mass is 423 g/mol. The first-order chi connectivity index (χ1) is 14.3. The number of imidazole rings is 1. The van der Waals surface area contributed by atoms with Crippen molar-refractivity contribution in [1.82, 2.24) is 9.97 Å². The van der Waals surface area contributed by atoms with Gasteiger partial charge in [0.05, 0.1) is 17.5 Å². The summed E-state index contributed by atoms with van der Waals surface area (Å²) in [5.74, 6) is -0.175. The van der Waals surface area contributed by atoms with Crippen LogP contribution in [0.15, 0.2) is 65.8 Å². The van der Waals surface area contributed by atoms with Gasteiger partial charge >= 0.3 is 0 Å². The molecule has 0 spiro atoms. The van der Waals surface area contributed by atoms with Crippen molar-refractivity contribution in [2.75, 3.05) is 5.75 Å². The van der Waals surface area contributed by atoms with Gasteiger partial charge < -0.3 is 15.8 Å². The molecular weight excluding hydrogens is 394 g/mol. The zero-order chi connectivity index (χ0) is 21.7. The molecule has 0 fully saturated rings. The van der Waals surface area contributed by atoms with E-state index in [0.717, 1.165) is 27.7 Å². The highest BCUT2D eigenvalue weighted by molar-refractivity contribution is 7.99. The molecule has 2 atom stereocenters. The number of aliphatic hydroxyl groups excluding tert-OH is 1. The number of hydrogen-bond acceptors (Lipinski definition) is 4. The summed E-state index contributed by atoms with van der Waals surface area (Å²) in [6.07, 6.45) is -0.0840. The van der Waals surface area contributed by atoms with Crippen LogP contribution in [0.3, 0.4) is 0 Å². The van der Waals surface area contributed by atoms with Crippen molar-refractivity contribution in [1.29, 1.82) is 0 Å². The first kappa shape index (κ1) is 22.1. The highest BCUT2D eigenvalue weighted by atomic mass is 32.2. The topological polar surface area (TPSA) is 92.0 Å². The van der Waals surface area contributed by atoms with Gasteiger partial charge in [-0.15, -0.1) is 0 Å². The van der Waals surface area contributed by atoms with Crippen molar-refractivity contribution in [2.24, 2.45) is 17.1 Å². The van der Waals surface area contributed by atoms with Crippen LogP contribution < -0.4 is 5.73 Å². The van der Waals surface area contributed by atoms with Crippen molar-refractivity contribution in [3.8, 4) is 22.5 Å². The maximum absolute atomic E-state index is 11.5. The summed E-state index contributed by atoms with van der Waals surface area (Å²) in [5.41, 5.74) is 9.03. The molecule has 0 bridgehead atoms. The van der Waals surface area contributed by atoms with Crippen LogP contribution >= 0.6 is 11.8 Å². The maximum atomic E-state index is 11.5. The van der Waals surface area contributed by atoms with E-state index >= 15 is 0 Å². The Labute approximate surface area is 182 Å². The zero-order valence-corrected chi connectivity index (χ0v) is 18.4. The average molecular weight is 424 g/mol. The van der Waals surface area contributed by atoms with Gasteiger partial charge in [-0.1, -0.05) is 93.2 Å². The van der Waals surface area contributed by atoms with Crippen LogP contribution in [0.1, 0.15) is 27.2 Å². The minimum Gasteiger partial charge on any atom is -0.392 e. The van der Waals surface area contributed by atoms with Gasteiger partial charge in [-0.25, -0.2) is 4.98 Å². The van der Waals surface area contributed by atoms with Gasteiger partial charge in [-0.05, 0) is 11.8 Å². The number of nitrogens with two attached hydrogens (primary N) is 1. The van der Waals surface area contributed by atoms with E-state index in [2.05, 4.69) is 17.1 Å². The van der Waals surface area contributed by atoms with Crippen LogP contribution in [-0.4, -0.2) is 32.8 Å². The van der Waals surface area contributed by atoms with Crippen LogP contribution in [0.4, 0.5) is 0 Å². The number of hydrogen-bond donors (Lipinski definition) is 3. The minimum absolute atomic E-state index is 0.310. The Hall–Kier alpha value is -2.57. The lowest BCUT2D eigenvalue weighted by atomic mass is 9.75. The molecule has 2 unspecified atom stereocenters. The molecular formula is C24H29N3O2S. The van der Waals surface area contributed by atoms with Gasteiger partial charge in [0.2, 0.25) is 5.91 Å². The molecule has 1 aromatic heterocycles. The lowest BCUT2D eigenvalue weighted by Gasteiger charge is -2.31. The number of primary amides is 1. The normalized spacial score (nSPS) is 13.7. The van der Waals surface area contributed by atoms with E-state index in [4.69, 9.17) is 10.7 Å². The molecule has 3 aromatic rings. The van der Waals surface area contributed by atoms with Crippen molar-refractivity contribution >= 4 is 17.7 Å². The molecule has 2 aromatic carbocycles. The zero-order valence-electron chi connectivity index (χ0n) is 17.6. The largest absolute Gasteiger partial charge is 0.392 e. The predicted molar refractivity (Wildman–Crippen MR) is 123 cm³/mol. The Balaban J connectivity index is 1.77. The number of rotatable bonds is 9. The Morgan fingerprint density at radius 1 is 1.10 bits per heavy atom. The number of thioether (sulfide) groups is 1. The van der Waals surface area contributed by atoms with E-state index in [1.807, 2.05) is 69.3 Å². The van der Waals surface area contributed by atoms with Gasteiger partial charge in [0.15, 0.2) is 5.16 Å². The van der Waals surface area contributed by atoms with Crippen LogP contribution in [0.25, 0.3) is 22.5 Å². The van der Waals surface area contributed by atoms with Crippen LogP contribution in [0.5, 0.6) is 0 Å². The first-order valence-corrected chi connectivity index (χ1v) is 11.1. The maximum Gasteiger partial charge on any atom is 0.220 e. The fourth-order valence-electron chi connectivity index (χ4n) is 3.44. The summed E-state index contributed by atoms with van der Waals surface area (Å²) in [7, 11) is 0. The third-order valence-electron chi connectivity index (χ3n) is 5.56. The Kier molecular flexibility index (Phi) is 7.00. The summed E-state index contributed by atoms with van der Waals surface area (Å²) < 4.78 is 0. The van der Waals surface area contributed by atoms with E-state index < -0.39 is 6.10 Å². The second-order valence-electron chi connectivity index (χ2n) is 8.28. The Bertz CT molecular complexity index is 914. The number of carbonyl (C=O) groups is 1. The SMILES string of the molecule is CC(C(N)=O)C(C)(C)CC(O)CSc1nc(-c2ccccc2)c(-c2ccccc2)[nH]1. The molecule has 1 amide bonds. The molecule has 3 rings (SSSR count). The fourth-order valence-corrected chi connectivity index (χ4v) is 4.24. The molecule has 6 heteroatoms. The number of amides is 1. The number of nitrogens with zero attached hydrogens (tertiary/aromatic N) is 1. The van der Waals surface area contributed by atoms with Gasteiger partial charge in [0.25, 0.3) is 0 Å². The molecule has 4 N–H and O–H groups in total. The lowest BCUT2D eigenvalue weighted by molar-refractivity contribution is -0.125. The smallest absolute Gasteiger partial charge is 0.220 e. The lowest BCUT2D eigenvalue weighted by Crippen LogP contribution is -2.36. The number of H-pyrrole nitrogens is 1. The van der Waals surface area contributed by atoms with E-state index in [1.165, 1.54) is 11.8 Å². The minimum atomic E-state index is -0.572. The molecule has 0 aliphatic heterocycles. The van der Waals surface area contributed by atoms with Gasteiger partial charge in [-0.2, -0.15) is 0 Å². The van der Waals surface area contributed by atoms with Crippen molar-refractivity contribution in [3.05, 3.63) is 60.7 Å². The third kappa shape index (κ3) is 5.32. The molecule has 0 saturated carbocycles. The molecule has 0 aliphatic carbocycles. The molecule has 0 aliphatic rings. The molecule has 1 heterocycles. The van der Waals surface area contributed by atoms with Gasteiger partial charge in [0, 0.05) is 22.8 Å². The number of carbonyl (C=O) groups excluding carboxylic acids is 1. The average Bonchev–Trinajstić information content (AvgIpc) is 3.17. The third-order valence-corrected chi connectivity index (χ3v) is 6.58. The number of benzene rings is 2. The molecule has 0 radical (unpaired) electrons. The summed E-state index contributed by atoms with van der Waals surface area (Å²) in [6, 6.07) is 20.2. The molecule has 5 nitrogen and oxygen atoms in total. The molecule has 30 heavy (non-hydrogen) atoms. The standard InChI is InChI=1S/C24H29N3O2S/c1-16(22(25)29)24(2,3)14-19(28)15-30-23-26-20(17-10-6-4-7-11-17)21(27-23)18-12-8-5-9-13-18/h4-13,16,19,28H,14-15H2,1-3H3,(H2,25,29)(H,26,27). The van der Waals surface area contributed by atoms with E-state index in [0.29, 0.717) is 12.2 Å². The van der Waals surface area contributed by atoms with Gasteiger partial charge in [0.1, 0.15) is 0 Å². The van der Waals surface area contributed by atoms with E-state index in [-0.39, 0.29) is 17.2 Å². The Morgan fingerprint density at radius 2 is 1.67 bits per heavy atom. The van der Waals surface area contributed by atoms with Crippen LogP contribution in [0, 0.1) is 11.3 Å².